The summed E-state index contributed by atoms with van der Waals surface area (Å²) in [5.74, 6) is -6.18. The minimum absolute atomic E-state index is 0.135. The number of carboxylic acids is 2. The van der Waals surface area contributed by atoms with Crippen molar-refractivity contribution in [1.82, 2.24) is 10.6 Å². The van der Waals surface area contributed by atoms with Crippen LogP contribution in [0, 0.1) is 0 Å². The van der Waals surface area contributed by atoms with Crippen molar-refractivity contribution < 1.29 is 49.7 Å². The quantitative estimate of drug-likeness (QED) is 0.233. The monoisotopic (exact) mass is 660 g/mol. The highest BCUT2D eigenvalue weighted by Gasteiger charge is 2.46. The van der Waals surface area contributed by atoms with Crippen LogP contribution in [0.25, 0.3) is 0 Å². The van der Waals surface area contributed by atoms with Gasteiger partial charge in [0.15, 0.2) is 12.2 Å². The molecule has 0 aromatic heterocycles. The minimum Gasteiger partial charge on any atom is -0.479 e. The lowest BCUT2D eigenvalue weighted by atomic mass is 9.93. The molecule has 6 atom stereocenters. The molecule has 2 aliphatic rings. The first-order chi connectivity index (χ1) is 20.1. The van der Waals surface area contributed by atoms with Gasteiger partial charge in [0, 0.05) is 32.3 Å². The van der Waals surface area contributed by atoms with Gasteiger partial charge in [-0.2, -0.15) is 0 Å². The SMILES string of the molecule is C[C@@H]1NC(C)(C)CO[C@@]1(O)c1cccc(Cl)c1.C[C@@H]1NC(C)(C)CO[C@@]1(O)c1cccc(Cl)c1.O=C(O)[C@@H](O)[C@H](O)C(=O)O. The van der Waals surface area contributed by atoms with Crippen LogP contribution in [0.5, 0.6) is 0 Å². The third kappa shape index (κ3) is 9.82. The number of morpholine rings is 2. The highest BCUT2D eigenvalue weighted by Crippen LogP contribution is 2.35. The maximum Gasteiger partial charge on any atom is 0.335 e. The maximum absolute atomic E-state index is 10.6. The molecule has 0 unspecified atom stereocenters. The second-order valence-electron chi connectivity index (χ2n) is 12.1. The van der Waals surface area contributed by atoms with Crippen molar-refractivity contribution in [3.63, 3.8) is 0 Å². The molecule has 0 spiro atoms. The number of hydrogen-bond donors (Lipinski definition) is 8. The van der Waals surface area contributed by atoms with Gasteiger partial charge in [-0.3, -0.25) is 0 Å². The first-order valence-electron chi connectivity index (χ1n) is 13.8. The summed E-state index contributed by atoms with van der Waals surface area (Å²) in [6.45, 7) is 12.9. The Morgan fingerprint density at radius 2 is 1.07 bits per heavy atom. The minimum atomic E-state index is -2.27. The van der Waals surface area contributed by atoms with E-state index in [-0.39, 0.29) is 23.2 Å². The summed E-state index contributed by atoms with van der Waals surface area (Å²) in [5.41, 5.74) is 1.09. The number of carbonyl (C=O) groups is 2. The molecule has 12 nitrogen and oxygen atoms in total. The second-order valence-corrected chi connectivity index (χ2v) is 12.9. The van der Waals surface area contributed by atoms with Crippen molar-refractivity contribution in [2.45, 2.75) is 88.5 Å². The van der Waals surface area contributed by atoms with Gasteiger partial charge in [-0.15, -0.1) is 0 Å². The summed E-state index contributed by atoms with van der Waals surface area (Å²) in [4.78, 5) is 19.5. The first-order valence-corrected chi connectivity index (χ1v) is 14.5. The van der Waals surface area contributed by atoms with Crippen molar-refractivity contribution in [3.8, 4) is 0 Å². The van der Waals surface area contributed by atoms with Crippen LogP contribution in [0.4, 0.5) is 0 Å². The van der Waals surface area contributed by atoms with Crippen LogP contribution < -0.4 is 10.6 Å². The van der Waals surface area contributed by atoms with Crippen LogP contribution in [-0.4, -0.2) is 91.2 Å². The standard InChI is InChI=1S/2C13H18ClNO2.C4H6O6/c2*1-9-13(16,17-8-12(2,3)15-9)10-5-4-6-11(14)7-10;5-1(3(7)8)2(6)4(9)10/h2*4-7,9,15-16H,8H2,1-3H3;1-2,5-6H,(H,7,8)(H,9,10)/t2*9-,13+;1-,2-/m000/s1. The van der Waals surface area contributed by atoms with Crippen molar-refractivity contribution in [2.75, 3.05) is 13.2 Å². The molecule has 2 aromatic rings. The average Bonchev–Trinajstić information content (AvgIpc) is 2.92. The van der Waals surface area contributed by atoms with Crippen molar-refractivity contribution in [2.24, 2.45) is 0 Å². The summed E-state index contributed by atoms with van der Waals surface area (Å²) in [7, 11) is 0. The third-order valence-electron chi connectivity index (χ3n) is 6.98. The predicted octanol–water partition coefficient (Wildman–Crippen LogP) is 2.42. The molecule has 0 saturated carbocycles. The van der Waals surface area contributed by atoms with E-state index in [9.17, 15) is 19.8 Å². The summed E-state index contributed by atoms with van der Waals surface area (Å²) in [5, 5.41) is 61.7. The normalized spacial score (nSPS) is 28.6. The van der Waals surface area contributed by atoms with Gasteiger partial charge >= 0.3 is 11.9 Å². The van der Waals surface area contributed by atoms with E-state index in [1.807, 2.05) is 65.8 Å². The van der Waals surface area contributed by atoms with Gasteiger partial charge in [-0.25, -0.2) is 9.59 Å². The Hall–Kier alpha value is -2.36. The smallest absolute Gasteiger partial charge is 0.335 e. The van der Waals surface area contributed by atoms with E-state index in [1.165, 1.54) is 0 Å². The van der Waals surface area contributed by atoms with Gasteiger partial charge < -0.3 is 50.7 Å². The zero-order chi connectivity index (χ0) is 33.7. The Kier molecular flexibility index (Phi) is 12.7. The van der Waals surface area contributed by atoms with Crippen LogP contribution >= 0.6 is 23.2 Å². The van der Waals surface area contributed by atoms with E-state index in [4.69, 9.17) is 53.1 Å². The summed E-state index contributed by atoms with van der Waals surface area (Å²) in [6.07, 6.45) is -4.53. The van der Waals surface area contributed by atoms with Gasteiger partial charge in [0.2, 0.25) is 11.6 Å². The van der Waals surface area contributed by atoms with Crippen molar-refractivity contribution in [3.05, 3.63) is 69.7 Å². The number of halogens is 2. The fraction of sp³-hybridized carbons (Fsp3) is 0.533. The maximum atomic E-state index is 10.6. The molecule has 2 heterocycles. The summed E-state index contributed by atoms with van der Waals surface area (Å²) >= 11 is 11.9. The van der Waals surface area contributed by atoms with E-state index in [1.54, 1.807) is 24.3 Å². The number of aliphatic hydroxyl groups excluding tert-OH is 2. The van der Waals surface area contributed by atoms with Gasteiger partial charge in [0.25, 0.3) is 0 Å². The predicted molar refractivity (Wildman–Crippen MR) is 163 cm³/mol. The lowest BCUT2D eigenvalue weighted by molar-refractivity contribution is -0.263. The van der Waals surface area contributed by atoms with E-state index in [0.29, 0.717) is 34.4 Å². The summed E-state index contributed by atoms with van der Waals surface area (Å²) in [6, 6.07) is 13.9. The number of aliphatic carboxylic acids is 2. The van der Waals surface area contributed by atoms with E-state index in [0.717, 1.165) is 0 Å². The first kappa shape index (κ1) is 37.8. The largest absolute Gasteiger partial charge is 0.479 e. The Labute approximate surface area is 266 Å². The van der Waals surface area contributed by atoms with E-state index < -0.39 is 35.7 Å². The fourth-order valence-electron chi connectivity index (χ4n) is 4.64. The zero-order valence-electron chi connectivity index (χ0n) is 25.4. The van der Waals surface area contributed by atoms with Gasteiger partial charge in [0.05, 0.1) is 25.3 Å². The molecule has 14 heteroatoms. The zero-order valence-corrected chi connectivity index (χ0v) is 26.9. The Balaban J connectivity index is 0.000000240. The fourth-order valence-corrected chi connectivity index (χ4v) is 5.02. The number of aliphatic hydroxyl groups is 4. The summed E-state index contributed by atoms with van der Waals surface area (Å²) < 4.78 is 11.3. The number of carboxylic acid groups (broad SMARTS) is 2. The molecule has 2 fully saturated rings. The highest BCUT2D eigenvalue weighted by atomic mass is 35.5. The van der Waals surface area contributed by atoms with Crippen LogP contribution in [0.15, 0.2) is 48.5 Å². The van der Waals surface area contributed by atoms with Crippen LogP contribution in [0.1, 0.15) is 52.7 Å². The molecule has 2 saturated heterocycles. The molecule has 4 rings (SSSR count). The molecule has 2 aliphatic heterocycles. The van der Waals surface area contributed by atoms with Crippen molar-refractivity contribution in [1.29, 1.82) is 0 Å². The van der Waals surface area contributed by atoms with Crippen LogP contribution in [0.3, 0.4) is 0 Å². The Morgan fingerprint density at radius 1 is 0.750 bits per heavy atom. The topological polar surface area (TPSA) is 198 Å². The molecular weight excluding hydrogens is 619 g/mol. The van der Waals surface area contributed by atoms with E-state index in [2.05, 4.69) is 10.6 Å². The number of nitrogens with one attached hydrogen (secondary N) is 2. The highest BCUT2D eigenvalue weighted by molar-refractivity contribution is 6.30. The molecule has 8 N–H and O–H groups in total. The average molecular weight is 662 g/mol. The van der Waals surface area contributed by atoms with Gasteiger partial charge in [-0.05, 0) is 65.8 Å². The number of benzene rings is 2. The number of hydrogen-bond acceptors (Lipinski definition) is 10. The number of ether oxygens (including phenoxy) is 2. The molecule has 0 radical (unpaired) electrons. The molecule has 0 amide bonds. The molecule has 44 heavy (non-hydrogen) atoms. The van der Waals surface area contributed by atoms with E-state index >= 15 is 0 Å². The molecule has 246 valence electrons. The third-order valence-corrected chi connectivity index (χ3v) is 7.45. The van der Waals surface area contributed by atoms with Crippen LogP contribution in [0.2, 0.25) is 10.0 Å². The Bertz CT molecular complexity index is 1200. The number of rotatable bonds is 5. The van der Waals surface area contributed by atoms with Crippen LogP contribution in [-0.2, 0) is 30.6 Å². The lowest BCUT2D eigenvalue weighted by Crippen LogP contribution is -2.63. The molecule has 0 bridgehead atoms. The lowest BCUT2D eigenvalue weighted by Gasteiger charge is -2.46. The molecule has 2 aromatic carbocycles. The Morgan fingerprint density at radius 3 is 1.32 bits per heavy atom. The second kappa shape index (κ2) is 14.8. The van der Waals surface area contributed by atoms with Gasteiger partial charge in [0.1, 0.15) is 0 Å². The molecular formula is C30H42Cl2N2O10. The molecule has 0 aliphatic carbocycles. The van der Waals surface area contributed by atoms with Crippen molar-refractivity contribution >= 4 is 35.1 Å². The van der Waals surface area contributed by atoms with Gasteiger partial charge in [-0.1, -0.05) is 47.5 Å².